The Labute approximate surface area is 114 Å². The lowest BCUT2D eigenvalue weighted by atomic mass is 9.77. The third-order valence-corrected chi connectivity index (χ3v) is 3.28. The standard InChI is InChI=1S/C14H23NO4/c1-10(11(16)17)14(8-6-5-7-9-14)15-12(18)19-13(2,3)4/h1,5-9H2,2-4H3,(H,15,18)(H,16,17). The van der Waals surface area contributed by atoms with Crippen LogP contribution in [0.15, 0.2) is 12.2 Å². The molecule has 0 heterocycles. The Morgan fingerprint density at radius 1 is 1.21 bits per heavy atom. The van der Waals surface area contributed by atoms with Crippen molar-refractivity contribution >= 4 is 12.1 Å². The summed E-state index contributed by atoms with van der Waals surface area (Å²) in [6.45, 7) is 8.94. The number of hydrogen-bond donors (Lipinski definition) is 2. The zero-order valence-corrected chi connectivity index (χ0v) is 11.9. The number of aliphatic carboxylic acids is 1. The maximum Gasteiger partial charge on any atom is 0.408 e. The Morgan fingerprint density at radius 2 is 1.74 bits per heavy atom. The van der Waals surface area contributed by atoms with Crippen LogP contribution in [0.5, 0.6) is 0 Å². The highest BCUT2D eigenvalue weighted by molar-refractivity contribution is 5.89. The minimum Gasteiger partial charge on any atom is -0.478 e. The van der Waals surface area contributed by atoms with Crippen LogP contribution in [-0.2, 0) is 9.53 Å². The molecule has 5 heteroatoms. The van der Waals surface area contributed by atoms with E-state index in [1.807, 2.05) is 0 Å². The molecular weight excluding hydrogens is 246 g/mol. The third kappa shape index (κ3) is 4.26. The van der Waals surface area contributed by atoms with Crippen LogP contribution in [0.1, 0.15) is 52.9 Å². The average molecular weight is 269 g/mol. The van der Waals surface area contributed by atoms with Crippen LogP contribution in [-0.4, -0.2) is 28.3 Å². The van der Waals surface area contributed by atoms with Crippen molar-refractivity contribution in [2.24, 2.45) is 0 Å². The Balaban J connectivity index is 2.84. The van der Waals surface area contributed by atoms with Crippen LogP contribution < -0.4 is 5.32 Å². The molecule has 1 saturated carbocycles. The lowest BCUT2D eigenvalue weighted by Gasteiger charge is -2.38. The molecule has 1 aliphatic rings. The Morgan fingerprint density at radius 3 is 2.16 bits per heavy atom. The molecule has 0 atom stereocenters. The van der Waals surface area contributed by atoms with Crippen LogP contribution in [0.3, 0.4) is 0 Å². The topological polar surface area (TPSA) is 75.6 Å². The van der Waals surface area contributed by atoms with Crippen molar-refractivity contribution in [3.05, 3.63) is 12.2 Å². The molecule has 19 heavy (non-hydrogen) atoms. The van der Waals surface area contributed by atoms with E-state index in [9.17, 15) is 9.59 Å². The molecular formula is C14H23NO4. The molecule has 0 bridgehead atoms. The highest BCUT2D eigenvalue weighted by Crippen LogP contribution is 2.34. The summed E-state index contributed by atoms with van der Waals surface area (Å²) in [6, 6.07) is 0. The van der Waals surface area contributed by atoms with Gasteiger partial charge >= 0.3 is 12.1 Å². The fourth-order valence-electron chi connectivity index (χ4n) is 2.36. The number of hydrogen-bond acceptors (Lipinski definition) is 3. The van der Waals surface area contributed by atoms with Gasteiger partial charge in [0.1, 0.15) is 5.60 Å². The van der Waals surface area contributed by atoms with Crippen molar-refractivity contribution in [1.82, 2.24) is 5.32 Å². The second-order valence-corrected chi connectivity index (χ2v) is 6.05. The van der Waals surface area contributed by atoms with E-state index in [-0.39, 0.29) is 5.57 Å². The summed E-state index contributed by atoms with van der Waals surface area (Å²) in [7, 11) is 0. The fraction of sp³-hybridized carbons (Fsp3) is 0.714. The maximum atomic E-state index is 11.9. The van der Waals surface area contributed by atoms with E-state index in [0.29, 0.717) is 12.8 Å². The number of carboxylic acids is 1. The number of carbonyl (C=O) groups is 2. The first-order valence-corrected chi connectivity index (χ1v) is 6.60. The Kier molecular flexibility index (Phi) is 4.61. The first-order valence-electron chi connectivity index (χ1n) is 6.60. The summed E-state index contributed by atoms with van der Waals surface area (Å²) in [5, 5.41) is 11.9. The Bertz CT molecular complexity index is 375. The van der Waals surface area contributed by atoms with Crippen molar-refractivity contribution in [2.75, 3.05) is 0 Å². The van der Waals surface area contributed by atoms with Gasteiger partial charge in [0, 0.05) is 0 Å². The van der Waals surface area contributed by atoms with E-state index < -0.39 is 23.2 Å². The van der Waals surface area contributed by atoms with Crippen LogP contribution in [0.4, 0.5) is 4.79 Å². The van der Waals surface area contributed by atoms with Crippen molar-refractivity contribution in [3.63, 3.8) is 0 Å². The zero-order chi connectivity index (χ0) is 14.7. The predicted octanol–water partition coefficient (Wildman–Crippen LogP) is 2.85. The van der Waals surface area contributed by atoms with Crippen molar-refractivity contribution < 1.29 is 19.4 Å². The number of amides is 1. The number of ether oxygens (including phenoxy) is 1. The molecule has 0 aromatic rings. The summed E-state index contributed by atoms with van der Waals surface area (Å²) in [5.41, 5.74) is -1.44. The van der Waals surface area contributed by atoms with E-state index >= 15 is 0 Å². The summed E-state index contributed by atoms with van der Waals surface area (Å²) < 4.78 is 5.21. The number of carboxylic acid groups (broad SMARTS) is 1. The minimum absolute atomic E-state index is 0.0399. The van der Waals surface area contributed by atoms with E-state index in [0.717, 1.165) is 19.3 Å². The molecule has 1 amide bonds. The first-order chi connectivity index (χ1) is 8.66. The van der Waals surface area contributed by atoms with Crippen LogP contribution in [0.2, 0.25) is 0 Å². The van der Waals surface area contributed by atoms with Crippen molar-refractivity contribution in [3.8, 4) is 0 Å². The van der Waals surface area contributed by atoms with Gasteiger partial charge in [-0.15, -0.1) is 0 Å². The van der Waals surface area contributed by atoms with Gasteiger partial charge in [0.2, 0.25) is 0 Å². The lowest BCUT2D eigenvalue weighted by molar-refractivity contribution is -0.133. The molecule has 1 fully saturated rings. The highest BCUT2D eigenvalue weighted by Gasteiger charge is 2.40. The largest absolute Gasteiger partial charge is 0.478 e. The SMILES string of the molecule is C=C(C(=O)O)C1(NC(=O)OC(C)(C)C)CCCCC1. The summed E-state index contributed by atoms with van der Waals surface area (Å²) in [6.07, 6.45) is 3.40. The molecule has 0 unspecified atom stereocenters. The van der Waals surface area contributed by atoms with E-state index in [2.05, 4.69) is 11.9 Å². The zero-order valence-electron chi connectivity index (χ0n) is 11.9. The van der Waals surface area contributed by atoms with Crippen LogP contribution >= 0.6 is 0 Å². The quantitative estimate of drug-likeness (QED) is 0.772. The number of nitrogens with one attached hydrogen (secondary N) is 1. The van der Waals surface area contributed by atoms with Crippen LogP contribution in [0, 0.1) is 0 Å². The number of carbonyl (C=O) groups excluding carboxylic acids is 1. The molecule has 0 radical (unpaired) electrons. The molecule has 1 aliphatic carbocycles. The van der Waals surface area contributed by atoms with Gasteiger partial charge in [0.15, 0.2) is 0 Å². The average Bonchev–Trinajstić information content (AvgIpc) is 2.26. The van der Waals surface area contributed by atoms with Gasteiger partial charge in [0.25, 0.3) is 0 Å². The van der Waals surface area contributed by atoms with Gasteiger partial charge in [-0.05, 0) is 33.6 Å². The minimum atomic E-state index is -1.07. The van der Waals surface area contributed by atoms with Gasteiger partial charge in [-0.1, -0.05) is 25.8 Å². The third-order valence-electron chi connectivity index (χ3n) is 3.28. The highest BCUT2D eigenvalue weighted by atomic mass is 16.6. The lowest BCUT2D eigenvalue weighted by Crippen LogP contribution is -2.53. The molecule has 0 spiro atoms. The second kappa shape index (κ2) is 5.63. The summed E-state index contributed by atoms with van der Waals surface area (Å²) in [5.74, 6) is -1.07. The van der Waals surface area contributed by atoms with E-state index in [1.54, 1.807) is 20.8 Å². The molecule has 0 saturated heterocycles. The molecule has 1 rings (SSSR count). The number of rotatable bonds is 3. The molecule has 0 aliphatic heterocycles. The normalized spacial score (nSPS) is 18.5. The van der Waals surface area contributed by atoms with Gasteiger partial charge in [-0.25, -0.2) is 9.59 Å². The second-order valence-electron chi connectivity index (χ2n) is 6.05. The molecule has 0 aromatic carbocycles. The molecule has 5 nitrogen and oxygen atoms in total. The van der Waals surface area contributed by atoms with Gasteiger partial charge in [0.05, 0.1) is 11.1 Å². The fourth-order valence-corrected chi connectivity index (χ4v) is 2.36. The van der Waals surface area contributed by atoms with Crippen molar-refractivity contribution in [1.29, 1.82) is 0 Å². The smallest absolute Gasteiger partial charge is 0.408 e. The van der Waals surface area contributed by atoms with Crippen LogP contribution in [0.25, 0.3) is 0 Å². The molecule has 0 aromatic heterocycles. The Hall–Kier alpha value is -1.52. The predicted molar refractivity (Wildman–Crippen MR) is 72.0 cm³/mol. The number of alkyl carbamates (subject to hydrolysis) is 1. The summed E-state index contributed by atoms with van der Waals surface area (Å²) >= 11 is 0. The molecule has 2 N–H and O–H groups in total. The van der Waals surface area contributed by atoms with E-state index in [4.69, 9.17) is 9.84 Å². The van der Waals surface area contributed by atoms with Gasteiger partial charge in [-0.2, -0.15) is 0 Å². The molecule has 108 valence electrons. The van der Waals surface area contributed by atoms with Gasteiger partial charge in [-0.3, -0.25) is 0 Å². The maximum absolute atomic E-state index is 11.9. The van der Waals surface area contributed by atoms with Crippen molar-refractivity contribution in [2.45, 2.75) is 64.0 Å². The summed E-state index contributed by atoms with van der Waals surface area (Å²) in [4.78, 5) is 23.1. The monoisotopic (exact) mass is 269 g/mol. The first kappa shape index (κ1) is 15.5. The van der Waals surface area contributed by atoms with Gasteiger partial charge < -0.3 is 15.2 Å². The van der Waals surface area contributed by atoms with E-state index in [1.165, 1.54) is 0 Å².